The monoisotopic (exact) mass is 275 g/mol. The lowest BCUT2D eigenvalue weighted by molar-refractivity contribution is 0.143. The zero-order chi connectivity index (χ0) is 14.0. The van der Waals surface area contributed by atoms with Gasteiger partial charge < -0.3 is 15.7 Å². The van der Waals surface area contributed by atoms with E-state index in [0.29, 0.717) is 17.8 Å². The van der Waals surface area contributed by atoms with E-state index < -0.39 is 0 Å². The quantitative estimate of drug-likeness (QED) is 0.727. The van der Waals surface area contributed by atoms with Gasteiger partial charge in [0.25, 0.3) is 5.95 Å². The standard InChI is InChI=1S/C12H17N7O/c1-13-9-15-10(18-12(8-20)4-2-5-12)17-11(16-9)19-7-3-6-14-19/h3,6-7,20H,2,4-5,8H2,1H3,(H2,13,15,16,17,18). The molecule has 0 aliphatic heterocycles. The molecular formula is C12H17N7O. The molecule has 1 fully saturated rings. The van der Waals surface area contributed by atoms with Crippen molar-refractivity contribution < 1.29 is 5.11 Å². The van der Waals surface area contributed by atoms with Crippen molar-refractivity contribution in [2.75, 3.05) is 24.3 Å². The first kappa shape index (κ1) is 12.8. The maximum Gasteiger partial charge on any atom is 0.257 e. The third-order valence-electron chi connectivity index (χ3n) is 3.55. The van der Waals surface area contributed by atoms with Gasteiger partial charge >= 0.3 is 0 Å². The molecule has 0 aromatic carbocycles. The van der Waals surface area contributed by atoms with Gasteiger partial charge in [0.2, 0.25) is 11.9 Å². The minimum absolute atomic E-state index is 0.0741. The normalized spacial score (nSPS) is 16.5. The lowest BCUT2D eigenvalue weighted by Crippen LogP contribution is -2.48. The molecule has 0 atom stereocenters. The number of hydrogen-bond acceptors (Lipinski definition) is 7. The molecule has 0 bridgehead atoms. The highest BCUT2D eigenvalue weighted by atomic mass is 16.3. The summed E-state index contributed by atoms with van der Waals surface area (Å²) < 4.78 is 1.57. The first-order chi connectivity index (χ1) is 9.74. The Morgan fingerprint density at radius 3 is 2.65 bits per heavy atom. The molecule has 2 aromatic rings. The van der Waals surface area contributed by atoms with Gasteiger partial charge in [-0.25, -0.2) is 4.68 Å². The Morgan fingerprint density at radius 1 is 1.30 bits per heavy atom. The Bertz CT molecular complexity index is 574. The van der Waals surface area contributed by atoms with E-state index in [2.05, 4.69) is 30.7 Å². The molecule has 0 spiro atoms. The van der Waals surface area contributed by atoms with E-state index >= 15 is 0 Å². The van der Waals surface area contributed by atoms with E-state index in [1.54, 1.807) is 30.2 Å². The lowest BCUT2D eigenvalue weighted by Gasteiger charge is -2.40. The van der Waals surface area contributed by atoms with Crippen LogP contribution in [0.4, 0.5) is 11.9 Å². The number of hydrogen-bond donors (Lipinski definition) is 3. The van der Waals surface area contributed by atoms with Crippen LogP contribution in [0.15, 0.2) is 18.5 Å². The third-order valence-corrected chi connectivity index (χ3v) is 3.55. The van der Waals surface area contributed by atoms with Gasteiger partial charge in [-0.2, -0.15) is 20.1 Å². The van der Waals surface area contributed by atoms with Crippen molar-refractivity contribution in [2.24, 2.45) is 0 Å². The van der Waals surface area contributed by atoms with Crippen LogP contribution >= 0.6 is 0 Å². The summed E-state index contributed by atoms with van der Waals surface area (Å²) in [6.45, 7) is 0.0741. The van der Waals surface area contributed by atoms with Crippen molar-refractivity contribution in [3.05, 3.63) is 18.5 Å². The summed E-state index contributed by atoms with van der Waals surface area (Å²) >= 11 is 0. The summed E-state index contributed by atoms with van der Waals surface area (Å²) in [6, 6.07) is 1.80. The van der Waals surface area contributed by atoms with E-state index in [0.717, 1.165) is 19.3 Å². The van der Waals surface area contributed by atoms with Gasteiger partial charge in [-0.1, -0.05) is 0 Å². The summed E-state index contributed by atoms with van der Waals surface area (Å²) in [6.07, 6.45) is 6.37. The minimum Gasteiger partial charge on any atom is -0.394 e. The molecule has 8 heteroatoms. The van der Waals surface area contributed by atoms with Crippen LogP contribution < -0.4 is 10.6 Å². The second-order valence-corrected chi connectivity index (χ2v) is 4.90. The fraction of sp³-hybridized carbons (Fsp3) is 0.500. The second-order valence-electron chi connectivity index (χ2n) is 4.90. The van der Waals surface area contributed by atoms with E-state index in [1.807, 2.05) is 0 Å². The van der Waals surface area contributed by atoms with Gasteiger partial charge in [0.1, 0.15) is 0 Å². The summed E-state index contributed by atoms with van der Waals surface area (Å²) in [5.41, 5.74) is -0.298. The van der Waals surface area contributed by atoms with Crippen molar-refractivity contribution in [2.45, 2.75) is 24.8 Å². The number of anilines is 2. The molecule has 2 heterocycles. The van der Waals surface area contributed by atoms with Gasteiger partial charge in [0.05, 0.1) is 12.1 Å². The smallest absolute Gasteiger partial charge is 0.257 e. The molecule has 3 N–H and O–H groups in total. The highest BCUT2D eigenvalue weighted by Gasteiger charge is 2.37. The average molecular weight is 275 g/mol. The second kappa shape index (κ2) is 5.04. The number of rotatable bonds is 5. The summed E-state index contributed by atoms with van der Waals surface area (Å²) in [7, 11) is 1.75. The number of aliphatic hydroxyl groups excluding tert-OH is 1. The van der Waals surface area contributed by atoms with Crippen molar-refractivity contribution in [1.29, 1.82) is 0 Å². The molecule has 106 valence electrons. The summed E-state index contributed by atoms with van der Waals surface area (Å²) in [5.74, 6) is 1.34. The fourth-order valence-electron chi connectivity index (χ4n) is 2.19. The van der Waals surface area contributed by atoms with Crippen LogP contribution in [0.1, 0.15) is 19.3 Å². The van der Waals surface area contributed by atoms with Crippen LogP contribution in [0.2, 0.25) is 0 Å². The first-order valence-corrected chi connectivity index (χ1v) is 6.58. The Labute approximate surface area is 116 Å². The van der Waals surface area contributed by atoms with Gasteiger partial charge in [-0.15, -0.1) is 0 Å². The Kier molecular flexibility index (Phi) is 3.23. The molecule has 0 saturated heterocycles. The molecule has 2 aromatic heterocycles. The molecule has 0 unspecified atom stereocenters. The molecule has 20 heavy (non-hydrogen) atoms. The third kappa shape index (κ3) is 2.29. The minimum atomic E-state index is -0.298. The molecular weight excluding hydrogens is 258 g/mol. The van der Waals surface area contributed by atoms with E-state index in [-0.39, 0.29) is 12.1 Å². The molecule has 0 radical (unpaired) electrons. The first-order valence-electron chi connectivity index (χ1n) is 6.58. The topological polar surface area (TPSA) is 101 Å². The van der Waals surface area contributed by atoms with E-state index in [1.165, 1.54) is 0 Å². The fourth-order valence-corrected chi connectivity index (χ4v) is 2.19. The largest absolute Gasteiger partial charge is 0.394 e. The van der Waals surface area contributed by atoms with E-state index in [9.17, 15) is 5.11 Å². The summed E-state index contributed by atoms with van der Waals surface area (Å²) in [5, 5.41) is 19.8. The Hall–Kier alpha value is -2.22. The predicted molar refractivity (Wildman–Crippen MR) is 73.8 cm³/mol. The van der Waals surface area contributed by atoms with Crippen LogP contribution in [-0.2, 0) is 0 Å². The van der Waals surface area contributed by atoms with Crippen molar-refractivity contribution in [3.63, 3.8) is 0 Å². The zero-order valence-electron chi connectivity index (χ0n) is 11.2. The number of nitrogens with one attached hydrogen (secondary N) is 2. The molecule has 3 rings (SSSR count). The number of nitrogens with zero attached hydrogens (tertiary/aromatic N) is 5. The van der Waals surface area contributed by atoms with Gasteiger partial charge in [0, 0.05) is 19.4 Å². The van der Waals surface area contributed by atoms with Crippen LogP contribution in [0.5, 0.6) is 0 Å². The number of aliphatic hydroxyl groups is 1. The van der Waals surface area contributed by atoms with Crippen LogP contribution in [0.25, 0.3) is 5.95 Å². The van der Waals surface area contributed by atoms with E-state index in [4.69, 9.17) is 0 Å². The number of aromatic nitrogens is 5. The SMILES string of the molecule is CNc1nc(NC2(CO)CCC2)nc(-n2cccn2)n1. The average Bonchev–Trinajstić information content (AvgIpc) is 2.96. The van der Waals surface area contributed by atoms with Gasteiger partial charge in [0.15, 0.2) is 0 Å². The van der Waals surface area contributed by atoms with Crippen molar-refractivity contribution >= 4 is 11.9 Å². The van der Waals surface area contributed by atoms with Gasteiger partial charge in [-0.3, -0.25) is 0 Å². The molecule has 1 saturated carbocycles. The van der Waals surface area contributed by atoms with Crippen molar-refractivity contribution in [1.82, 2.24) is 24.7 Å². The molecule has 0 amide bonds. The molecule has 1 aliphatic rings. The highest BCUT2D eigenvalue weighted by molar-refractivity contribution is 5.40. The van der Waals surface area contributed by atoms with Crippen LogP contribution in [-0.4, -0.2) is 49.0 Å². The van der Waals surface area contributed by atoms with Crippen molar-refractivity contribution in [3.8, 4) is 5.95 Å². The summed E-state index contributed by atoms with van der Waals surface area (Å²) in [4.78, 5) is 12.9. The highest BCUT2D eigenvalue weighted by Crippen LogP contribution is 2.34. The molecule has 1 aliphatic carbocycles. The van der Waals surface area contributed by atoms with Gasteiger partial charge in [-0.05, 0) is 25.3 Å². The van der Waals surface area contributed by atoms with Crippen LogP contribution in [0.3, 0.4) is 0 Å². The van der Waals surface area contributed by atoms with Crippen LogP contribution in [0, 0.1) is 0 Å². The predicted octanol–water partition coefficient (Wildman–Crippen LogP) is 0.426. The Balaban J connectivity index is 1.92. The lowest BCUT2D eigenvalue weighted by atomic mass is 9.77. The Morgan fingerprint density at radius 2 is 2.10 bits per heavy atom. The zero-order valence-corrected chi connectivity index (χ0v) is 11.2. The maximum atomic E-state index is 9.51. The molecule has 8 nitrogen and oxygen atoms in total. The maximum absolute atomic E-state index is 9.51.